The zero-order chi connectivity index (χ0) is 16.2. The van der Waals surface area contributed by atoms with Crippen LogP contribution in [0.2, 0.25) is 5.02 Å². The van der Waals surface area contributed by atoms with Gasteiger partial charge in [0.2, 0.25) is 0 Å². The van der Waals surface area contributed by atoms with E-state index in [1.807, 2.05) is 47.9 Å². The Kier molecular flexibility index (Phi) is 4.60. The third kappa shape index (κ3) is 3.36. The molecule has 0 atom stereocenters. The van der Waals surface area contributed by atoms with Crippen LogP contribution in [0.5, 0.6) is 0 Å². The monoisotopic (exact) mass is 341 g/mol. The quantitative estimate of drug-likeness (QED) is 0.716. The predicted molar refractivity (Wildman–Crippen MR) is 89.2 cm³/mol. The molecule has 0 saturated carbocycles. The van der Waals surface area contributed by atoms with E-state index in [0.717, 1.165) is 23.1 Å². The van der Waals surface area contributed by atoms with Gasteiger partial charge in [-0.1, -0.05) is 17.7 Å². The zero-order valence-corrected chi connectivity index (χ0v) is 13.8. The molecule has 3 rings (SSSR count). The van der Waals surface area contributed by atoms with Crippen LogP contribution >= 0.6 is 23.4 Å². The molecule has 23 heavy (non-hydrogen) atoms. The van der Waals surface area contributed by atoms with Crippen LogP contribution in [0, 0.1) is 11.3 Å². The molecule has 3 aromatic rings. The Morgan fingerprint density at radius 2 is 1.96 bits per heavy atom. The fourth-order valence-corrected chi connectivity index (χ4v) is 3.10. The van der Waals surface area contributed by atoms with E-state index in [2.05, 4.69) is 15.2 Å². The summed E-state index contributed by atoms with van der Waals surface area (Å²) in [6, 6.07) is 14.9. The topological polar surface area (TPSA) is 67.4 Å². The van der Waals surface area contributed by atoms with E-state index in [-0.39, 0.29) is 0 Å². The Morgan fingerprint density at radius 3 is 2.65 bits per heavy atom. The number of halogens is 1. The Balaban J connectivity index is 1.95. The first-order valence-electron chi connectivity index (χ1n) is 6.95. The fraction of sp³-hybridized carbons (Fsp3) is 0.125. The molecule has 0 unspecified atom stereocenters. The van der Waals surface area contributed by atoms with Crippen molar-refractivity contribution in [2.24, 2.45) is 0 Å². The van der Waals surface area contributed by atoms with Gasteiger partial charge in [0, 0.05) is 17.1 Å². The summed E-state index contributed by atoms with van der Waals surface area (Å²) in [6.07, 6.45) is 0. The van der Waals surface area contributed by atoms with Gasteiger partial charge in [-0.15, -0.1) is 10.2 Å². The van der Waals surface area contributed by atoms with Crippen molar-refractivity contribution in [3.8, 4) is 17.5 Å². The number of hydrogen-bond donors (Lipinski definition) is 0. The third-order valence-corrected chi connectivity index (χ3v) is 4.34. The van der Waals surface area contributed by atoms with Crippen molar-refractivity contribution in [2.45, 2.75) is 23.7 Å². The number of nitrogens with zero attached hydrogens (tertiary/aromatic N) is 5. The second-order valence-corrected chi connectivity index (χ2v) is 6.06. The van der Waals surface area contributed by atoms with Crippen molar-refractivity contribution in [1.29, 1.82) is 5.26 Å². The van der Waals surface area contributed by atoms with E-state index < -0.39 is 0 Å². The fourth-order valence-electron chi connectivity index (χ4n) is 2.09. The predicted octanol–water partition coefficient (Wildman–Crippen LogP) is 4.04. The van der Waals surface area contributed by atoms with Gasteiger partial charge in [-0.25, -0.2) is 4.98 Å². The minimum Gasteiger partial charge on any atom is -0.302 e. The van der Waals surface area contributed by atoms with Crippen LogP contribution in [0.3, 0.4) is 0 Å². The number of hydrogen-bond acceptors (Lipinski definition) is 5. The minimum atomic E-state index is 0.385. The van der Waals surface area contributed by atoms with Crippen molar-refractivity contribution in [2.75, 3.05) is 0 Å². The van der Waals surface area contributed by atoms with Crippen molar-refractivity contribution in [3.05, 3.63) is 53.2 Å². The molecule has 0 saturated heterocycles. The summed E-state index contributed by atoms with van der Waals surface area (Å²) in [6.45, 7) is 2.76. The van der Waals surface area contributed by atoms with Gasteiger partial charge in [0.15, 0.2) is 11.0 Å². The standard InChI is InChI=1S/C16H12ClN5S/c1-2-22-15(11-6-8-12(17)9-7-11)20-21-16(22)23-14-5-3-4-13(10-18)19-14/h3-9H,2H2,1H3. The Bertz CT molecular complexity index is 867. The highest BCUT2D eigenvalue weighted by atomic mass is 35.5. The molecule has 0 bridgehead atoms. The van der Waals surface area contributed by atoms with Crippen molar-refractivity contribution in [3.63, 3.8) is 0 Å². The molecule has 2 heterocycles. The third-order valence-electron chi connectivity index (χ3n) is 3.17. The van der Waals surface area contributed by atoms with Crippen LogP contribution in [-0.2, 0) is 6.54 Å². The highest BCUT2D eigenvalue weighted by Crippen LogP contribution is 2.29. The number of aromatic nitrogens is 4. The van der Waals surface area contributed by atoms with Crippen molar-refractivity contribution in [1.82, 2.24) is 19.7 Å². The van der Waals surface area contributed by atoms with Gasteiger partial charge < -0.3 is 4.57 Å². The summed E-state index contributed by atoms with van der Waals surface area (Å²) in [5, 5.41) is 19.6. The normalized spacial score (nSPS) is 10.5. The number of nitriles is 1. The molecule has 114 valence electrons. The van der Waals surface area contributed by atoms with Crippen molar-refractivity contribution >= 4 is 23.4 Å². The van der Waals surface area contributed by atoms with Crippen LogP contribution in [0.15, 0.2) is 52.6 Å². The van der Waals surface area contributed by atoms with Gasteiger partial charge in [0.05, 0.1) is 0 Å². The van der Waals surface area contributed by atoms with Gasteiger partial charge in [0.25, 0.3) is 0 Å². The molecule has 2 aromatic heterocycles. The van der Waals surface area contributed by atoms with Crippen LogP contribution in [0.4, 0.5) is 0 Å². The zero-order valence-electron chi connectivity index (χ0n) is 12.3. The molecule has 0 aliphatic heterocycles. The molecule has 0 radical (unpaired) electrons. The number of benzene rings is 1. The SMILES string of the molecule is CCn1c(Sc2cccc(C#N)n2)nnc1-c1ccc(Cl)cc1. The van der Waals surface area contributed by atoms with E-state index in [1.54, 1.807) is 12.1 Å². The van der Waals surface area contributed by atoms with E-state index in [1.165, 1.54) is 11.8 Å². The van der Waals surface area contributed by atoms with Crippen LogP contribution in [0.1, 0.15) is 12.6 Å². The smallest absolute Gasteiger partial charge is 0.197 e. The molecule has 7 heteroatoms. The van der Waals surface area contributed by atoms with Crippen LogP contribution in [0.25, 0.3) is 11.4 Å². The molecule has 0 amide bonds. The molecule has 0 aliphatic rings. The molecular weight excluding hydrogens is 330 g/mol. The maximum absolute atomic E-state index is 8.94. The lowest BCUT2D eigenvalue weighted by molar-refractivity contribution is 0.686. The Morgan fingerprint density at radius 1 is 1.17 bits per heavy atom. The molecule has 0 spiro atoms. The molecule has 5 nitrogen and oxygen atoms in total. The van der Waals surface area contributed by atoms with E-state index in [0.29, 0.717) is 15.7 Å². The summed E-state index contributed by atoms with van der Waals surface area (Å²) in [5.41, 5.74) is 1.34. The second kappa shape index (κ2) is 6.82. The van der Waals surface area contributed by atoms with Gasteiger partial charge in [0.1, 0.15) is 16.8 Å². The molecule has 0 aliphatic carbocycles. The number of rotatable bonds is 4. The minimum absolute atomic E-state index is 0.385. The van der Waals surface area contributed by atoms with Crippen molar-refractivity contribution < 1.29 is 0 Å². The van der Waals surface area contributed by atoms with E-state index in [4.69, 9.17) is 16.9 Å². The molecule has 0 N–H and O–H groups in total. The molecule has 0 fully saturated rings. The second-order valence-electron chi connectivity index (χ2n) is 4.63. The maximum atomic E-state index is 8.94. The van der Waals surface area contributed by atoms with Crippen LogP contribution in [-0.4, -0.2) is 19.7 Å². The van der Waals surface area contributed by atoms with Gasteiger partial charge in [-0.05, 0) is 55.1 Å². The van der Waals surface area contributed by atoms with E-state index >= 15 is 0 Å². The van der Waals surface area contributed by atoms with E-state index in [9.17, 15) is 0 Å². The average molecular weight is 342 g/mol. The van der Waals surface area contributed by atoms with Gasteiger partial charge in [-0.3, -0.25) is 0 Å². The Labute approximate surface area is 143 Å². The lowest BCUT2D eigenvalue weighted by Crippen LogP contribution is -2.00. The van der Waals surface area contributed by atoms with Gasteiger partial charge in [-0.2, -0.15) is 5.26 Å². The summed E-state index contributed by atoms with van der Waals surface area (Å²) in [4.78, 5) is 4.26. The first-order chi connectivity index (χ1) is 11.2. The lowest BCUT2D eigenvalue weighted by Gasteiger charge is -2.07. The highest BCUT2D eigenvalue weighted by Gasteiger charge is 2.14. The summed E-state index contributed by atoms with van der Waals surface area (Å²) in [7, 11) is 0. The number of pyridine rings is 1. The van der Waals surface area contributed by atoms with Crippen LogP contribution < -0.4 is 0 Å². The summed E-state index contributed by atoms with van der Waals surface area (Å²) in [5.74, 6) is 0.781. The summed E-state index contributed by atoms with van der Waals surface area (Å²) >= 11 is 7.32. The molecule has 1 aromatic carbocycles. The maximum Gasteiger partial charge on any atom is 0.197 e. The highest BCUT2D eigenvalue weighted by molar-refractivity contribution is 7.99. The lowest BCUT2D eigenvalue weighted by atomic mass is 10.2. The van der Waals surface area contributed by atoms with Gasteiger partial charge >= 0.3 is 0 Å². The first kappa shape index (κ1) is 15.5. The average Bonchev–Trinajstić information content (AvgIpc) is 2.98. The summed E-state index contributed by atoms with van der Waals surface area (Å²) < 4.78 is 2.01. The first-order valence-corrected chi connectivity index (χ1v) is 8.15. The largest absolute Gasteiger partial charge is 0.302 e. The molecular formula is C16H12ClN5S. The Hall–Kier alpha value is -2.36.